The lowest BCUT2D eigenvalue weighted by Gasteiger charge is -2.43. The van der Waals surface area contributed by atoms with Crippen LogP contribution in [0.1, 0.15) is 35.6 Å². The first kappa shape index (κ1) is 17.1. The molecule has 136 valence electrons. The zero-order chi connectivity index (χ0) is 17.9. The molecule has 26 heavy (non-hydrogen) atoms. The minimum atomic E-state index is -0.569. The summed E-state index contributed by atoms with van der Waals surface area (Å²) in [4.78, 5) is 15.0. The second-order valence-electron chi connectivity index (χ2n) is 7.31. The van der Waals surface area contributed by atoms with Gasteiger partial charge < -0.3 is 9.47 Å². The summed E-state index contributed by atoms with van der Waals surface area (Å²) in [5, 5.41) is 0. The largest absolute Gasteiger partial charge is 0.509 e. The lowest BCUT2D eigenvalue weighted by molar-refractivity contribution is -0.0642. The third-order valence-corrected chi connectivity index (χ3v) is 5.63. The molecule has 2 bridgehead atoms. The molecule has 2 aromatic carbocycles. The predicted molar refractivity (Wildman–Crippen MR) is 100.0 cm³/mol. The highest BCUT2D eigenvalue weighted by Gasteiger charge is 2.37. The topological polar surface area (TPSA) is 38.8 Å². The Balaban J connectivity index is 1.51. The first-order valence-corrected chi connectivity index (χ1v) is 9.41. The first-order valence-electron chi connectivity index (χ1n) is 9.41. The molecule has 3 aliphatic rings. The molecule has 0 saturated carbocycles. The third kappa shape index (κ3) is 3.61. The molecule has 0 aliphatic carbocycles. The predicted octanol–water partition coefficient (Wildman–Crippen LogP) is 4.33. The van der Waals surface area contributed by atoms with Crippen molar-refractivity contribution >= 4 is 6.16 Å². The Morgan fingerprint density at radius 2 is 1.73 bits per heavy atom. The van der Waals surface area contributed by atoms with E-state index in [1.54, 1.807) is 0 Å². The summed E-state index contributed by atoms with van der Waals surface area (Å²) in [5.74, 6) is 0.473. The van der Waals surface area contributed by atoms with Gasteiger partial charge in [0, 0.05) is 12.1 Å². The van der Waals surface area contributed by atoms with Gasteiger partial charge in [-0.25, -0.2) is 4.79 Å². The Kier molecular flexibility index (Phi) is 4.93. The van der Waals surface area contributed by atoms with Gasteiger partial charge in [0.05, 0.1) is 0 Å². The highest BCUT2D eigenvalue weighted by atomic mass is 16.7. The van der Waals surface area contributed by atoms with Crippen molar-refractivity contribution in [3.8, 4) is 0 Å². The van der Waals surface area contributed by atoms with Gasteiger partial charge in [-0.05, 0) is 49.9 Å². The smallest absolute Gasteiger partial charge is 0.429 e. The van der Waals surface area contributed by atoms with Crippen LogP contribution in [-0.4, -0.2) is 36.8 Å². The van der Waals surface area contributed by atoms with Crippen molar-refractivity contribution < 1.29 is 14.3 Å². The Morgan fingerprint density at radius 1 is 1.04 bits per heavy atom. The van der Waals surface area contributed by atoms with E-state index in [1.165, 1.54) is 0 Å². The van der Waals surface area contributed by atoms with Gasteiger partial charge in [-0.1, -0.05) is 54.6 Å². The zero-order valence-corrected chi connectivity index (χ0v) is 15.1. The number of carbonyl (C=O) groups excluding carboxylic acids is 1. The fourth-order valence-corrected chi connectivity index (χ4v) is 4.11. The number of ether oxygens (including phenoxy) is 2. The van der Waals surface area contributed by atoms with Gasteiger partial charge in [0.1, 0.15) is 6.10 Å². The van der Waals surface area contributed by atoms with Crippen LogP contribution >= 0.6 is 0 Å². The van der Waals surface area contributed by atoms with Crippen molar-refractivity contribution in [2.45, 2.75) is 32.0 Å². The van der Waals surface area contributed by atoms with Crippen LogP contribution in [0.5, 0.6) is 0 Å². The monoisotopic (exact) mass is 351 g/mol. The number of rotatable bonds is 4. The highest BCUT2D eigenvalue weighted by molar-refractivity contribution is 5.61. The molecule has 4 nitrogen and oxygen atoms in total. The second-order valence-corrected chi connectivity index (χ2v) is 7.31. The number of carbonyl (C=O) groups is 1. The number of fused-ring (bicyclic) bond motifs is 3. The third-order valence-electron chi connectivity index (χ3n) is 5.63. The van der Waals surface area contributed by atoms with E-state index in [9.17, 15) is 4.79 Å². The summed E-state index contributed by atoms with van der Waals surface area (Å²) in [7, 11) is 0. The molecule has 5 rings (SSSR count). The van der Waals surface area contributed by atoms with E-state index in [0.29, 0.717) is 5.92 Å². The molecule has 3 fully saturated rings. The fourth-order valence-electron chi connectivity index (χ4n) is 4.11. The summed E-state index contributed by atoms with van der Waals surface area (Å²) >= 11 is 0. The summed E-state index contributed by atoms with van der Waals surface area (Å²) in [5.41, 5.74) is 3.04. The molecule has 1 unspecified atom stereocenters. The Morgan fingerprint density at radius 3 is 2.38 bits per heavy atom. The average Bonchev–Trinajstić information content (AvgIpc) is 2.68. The average molecular weight is 351 g/mol. The van der Waals surface area contributed by atoms with Gasteiger partial charge in [-0.3, -0.25) is 4.90 Å². The Hall–Kier alpha value is -2.33. The normalized spacial score (nSPS) is 25.5. The van der Waals surface area contributed by atoms with Crippen molar-refractivity contribution in [2.24, 2.45) is 5.92 Å². The SMILES string of the molecule is Cc1ccccc1[C@H](OC(=O)OC1CN2CCC1CC2)c1ccccc1. The molecule has 3 saturated heterocycles. The van der Waals surface area contributed by atoms with Crippen molar-refractivity contribution in [3.63, 3.8) is 0 Å². The van der Waals surface area contributed by atoms with Crippen LogP contribution in [0.3, 0.4) is 0 Å². The maximum absolute atomic E-state index is 12.6. The van der Waals surface area contributed by atoms with Crippen molar-refractivity contribution in [3.05, 3.63) is 71.3 Å². The zero-order valence-electron chi connectivity index (χ0n) is 15.1. The molecule has 0 amide bonds. The summed E-state index contributed by atoms with van der Waals surface area (Å²) in [6.07, 6.45) is 1.15. The number of aryl methyl sites for hydroxylation is 1. The molecule has 3 heterocycles. The molecular formula is C22H25NO3. The van der Waals surface area contributed by atoms with E-state index < -0.39 is 12.3 Å². The van der Waals surface area contributed by atoms with Crippen LogP contribution in [0.4, 0.5) is 4.79 Å². The summed E-state index contributed by atoms with van der Waals surface area (Å²) in [6.45, 7) is 5.11. The van der Waals surface area contributed by atoms with Crippen molar-refractivity contribution in [1.82, 2.24) is 4.90 Å². The molecule has 0 N–H and O–H groups in total. The molecule has 0 radical (unpaired) electrons. The van der Waals surface area contributed by atoms with Crippen LogP contribution < -0.4 is 0 Å². The van der Waals surface area contributed by atoms with Gasteiger partial charge in [0.15, 0.2) is 6.10 Å². The lowest BCUT2D eigenvalue weighted by atomic mass is 9.86. The van der Waals surface area contributed by atoms with E-state index in [1.807, 2.05) is 61.5 Å². The van der Waals surface area contributed by atoms with Crippen molar-refractivity contribution in [1.29, 1.82) is 0 Å². The summed E-state index contributed by atoms with van der Waals surface area (Å²) in [6, 6.07) is 17.9. The molecule has 4 heteroatoms. The molecular weight excluding hydrogens is 326 g/mol. The Bertz CT molecular complexity index is 753. The quantitative estimate of drug-likeness (QED) is 0.769. The number of piperidine rings is 3. The fraction of sp³-hybridized carbons (Fsp3) is 0.409. The van der Waals surface area contributed by atoms with Gasteiger partial charge in [0.25, 0.3) is 0 Å². The minimum absolute atomic E-state index is 0.0432. The minimum Gasteiger partial charge on any atom is -0.429 e. The van der Waals surface area contributed by atoms with Gasteiger partial charge in [-0.2, -0.15) is 0 Å². The molecule has 3 aliphatic heterocycles. The van der Waals surface area contributed by atoms with Gasteiger partial charge in [-0.15, -0.1) is 0 Å². The maximum atomic E-state index is 12.6. The van der Waals surface area contributed by atoms with Gasteiger partial charge in [0.2, 0.25) is 0 Å². The number of nitrogens with zero attached hydrogens (tertiary/aromatic N) is 1. The molecule has 2 atom stereocenters. The van der Waals surface area contributed by atoms with Crippen molar-refractivity contribution in [2.75, 3.05) is 19.6 Å². The molecule has 2 aromatic rings. The van der Waals surface area contributed by atoms with Crippen LogP contribution in [0, 0.1) is 12.8 Å². The first-order chi connectivity index (χ1) is 12.7. The van der Waals surface area contributed by atoms with Gasteiger partial charge >= 0.3 is 6.16 Å². The van der Waals surface area contributed by atoms with E-state index in [-0.39, 0.29) is 6.10 Å². The van der Waals surface area contributed by atoms with E-state index >= 15 is 0 Å². The lowest BCUT2D eigenvalue weighted by Crippen LogP contribution is -2.52. The van der Waals surface area contributed by atoms with E-state index in [4.69, 9.17) is 9.47 Å². The number of benzene rings is 2. The number of hydrogen-bond donors (Lipinski definition) is 0. The molecule has 0 aromatic heterocycles. The standard InChI is InChI=1S/C22H25NO3/c1-16-7-5-6-10-19(16)21(18-8-3-2-4-9-18)26-22(24)25-20-15-23-13-11-17(20)12-14-23/h2-10,17,20-21H,11-15H2,1H3/t20?,21-/m1/s1. The molecule has 0 spiro atoms. The summed E-state index contributed by atoms with van der Waals surface area (Å²) < 4.78 is 11.6. The van der Waals surface area contributed by atoms with E-state index in [2.05, 4.69) is 4.90 Å². The van der Waals surface area contributed by atoms with Crippen LogP contribution in [0.25, 0.3) is 0 Å². The maximum Gasteiger partial charge on any atom is 0.509 e. The second kappa shape index (κ2) is 7.50. The van der Waals surface area contributed by atoms with E-state index in [0.717, 1.165) is 49.2 Å². The van der Waals surface area contributed by atoms with Crippen LogP contribution in [0.2, 0.25) is 0 Å². The van der Waals surface area contributed by atoms with Crippen LogP contribution in [-0.2, 0) is 9.47 Å². The highest BCUT2D eigenvalue weighted by Crippen LogP contribution is 2.32. The van der Waals surface area contributed by atoms with Crippen LogP contribution in [0.15, 0.2) is 54.6 Å². The number of hydrogen-bond acceptors (Lipinski definition) is 4. The Labute approximate surface area is 154 Å².